The maximum atomic E-state index is 10.8. The Morgan fingerprint density at radius 3 is 2.77 bits per heavy atom. The van der Waals surface area contributed by atoms with Crippen molar-refractivity contribution in [2.24, 2.45) is 0 Å². The summed E-state index contributed by atoms with van der Waals surface area (Å²) in [5, 5.41) is 8.84. The molecule has 1 aromatic rings. The van der Waals surface area contributed by atoms with Gasteiger partial charge in [0, 0.05) is 17.8 Å². The Labute approximate surface area is 77.2 Å². The van der Waals surface area contributed by atoms with E-state index in [1.54, 1.807) is 0 Å². The highest BCUT2D eigenvalue weighted by molar-refractivity contribution is 5.68. The number of rotatable bonds is 2. The Bertz CT molecular complexity index is 315. The first kappa shape index (κ1) is 9.77. The molecule has 1 aromatic heterocycles. The van der Waals surface area contributed by atoms with Gasteiger partial charge < -0.3 is 5.11 Å². The first-order valence-corrected chi connectivity index (χ1v) is 4.26. The number of nitrogens with zero attached hydrogens (tertiary/aromatic N) is 2. The molecule has 0 spiro atoms. The fraction of sp³-hybridized carbons (Fsp3) is 0.556. The zero-order valence-corrected chi connectivity index (χ0v) is 8.11. The van der Waals surface area contributed by atoms with Crippen LogP contribution in [0.2, 0.25) is 0 Å². The molecule has 1 heterocycles. The molecule has 13 heavy (non-hydrogen) atoms. The SMILES string of the molecule is CCC(C)(C)c1nccn1C(=O)O. The van der Waals surface area contributed by atoms with Gasteiger partial charge >= 0.3 is 6.09 Å². The number of carbonyl (C=O) groups is 1. The van der Waals surface area contributed by atoms with E-state index in [0.717, 1.165) is 6.42 Å². The third-order valence-corrected chi connectivity index (χ3v) is 2.34. The zero-order chi connectivity index (χ0) is 10.1. The van der Waals surface area contributed by atoms with E-state index >= 15 is 0 Å². The zero-order valence-electron chi connectivity index (χ0n) is 8.11. The van der Waals surface area contributed by atoms with E-state index < -0.39 is 6.09 Å². The standard InChI is InChI=1S/C9H14N2O2/c1-4-9(2,3)7-10-5-6-11(7)8(12)13/h5-6H,4H2,1-3H3,(H,12,13). The molecule has 4 heteroatoms. The quantitative estimate of drug-likeness (QED) is 0.762. The number of hydrogen-bond donors (Lipinski definition) is 1. The molecule has 1 N–H and O–H groups in total. The second kappa shape index (κ2) is 3.20. The van der Waals surface area contributed by atoms with Crippen LogP contribution in [0.5, 0.6) is 0 Å². The van der Waals surface area contributed by atoms with Crippen molar-refractivity contribution >= 4 is 6.09 Å². The lowest BCUT2D eigenvalue weighted by molar-refractivity contribution is 0.193. The van der Waals surface area contributed by atoms with Crippen LogP contribution in [0.3, 0.4) is 0 Å². The predicted molar refractivity (Wildman–Crippen MR) is 49.0 cm³/mol. The number of hydrogen-bond acceptors (Lipinski definition) is 2. The van der Waals surface area contributed by atoms with Crippen molar-refractivity contribution in [3.8, 4) is 0 Å². The number of aromatic nitrogens is 2. The topological polar surface area (TPSA) is 55.1 Å². The van der Waals surface area contributed by atoms with Gasteiger partial charge in [-0.3, -0.25) is 0 Å². The van der Waals surface area contributed by atoms with Crippen molar-refractivity contribution in [3.63, 3.8) is 0 Å². The van der Waals surface area contributed by atoms with Gasteiger partial charge in [0.1, 0.15) is 5.82 Å². The van der Waals surface area contributed by atoms with Gasteiger partial charge in [-0.25, -0.2) is 14.3 Å². The van der Waals surface area contributed by atoms with Gasteiger partial charge in [-0.2, -0.15) is 0 Å². The van der Waals surface area contributed by atoms with Crippen molar-refractivity contribution < 1.29 is 9.90 Å². The highest BCUT2D eigenvalue weighted by Crippen LogP contribution is 2.24. The van der Waals surface area contributed by atoms with Gasteiger partial charge in [0.05, 0.1) is 0 Å². The lowest BCUT2D eigenvalue weighted by Crippen LogP contribution is -2.24. The first-order chi connectivity index (χ1) is 5.99. The largest absolute Gasteiger partial charge is 0.464 e. The Kier molecular flexibility index (Phi) is 2.40. The summed E-state index contributed by atoms with van der Waals surface area (Å²) >= 11 is 0. The Balaban J connectivity index is 3.14. The molecule has 4 nitrogen and oxygen atoms in total. The molecule has 0 bridgehead atoms. The molecule has 0 saturated carbocycles. The van der Waals surface area contributed by atoms with Crippen molar-refractivity contribution in [1.82, 2.24) is 9.55 Å². The third kappa shape index (κ3) is 1.71. The molecule has 72 valence electrons. The summed E-state index contributed by atoms with van der Waals surface area (Å²) in [6.07, 6.45) is 2.86. The van der Waals surface area contributed by atoms with E-state index in [1.807, 2.05) is 20.8 Å². The predicted octanol–water partition coefficient (Wildman–Crippen LogP) is 2.10. The average Bonchev–Trinajstić information content (AvgIpc) is 2.52. The van der Waals surface area contributed by atoms with E-state index in [4.69, 9.17) is 5.11 Å². The Morgan fingerprint density at radius 2 is 2.31 bits per heavy atom. The summed E-state index contributed by atoms with van der Waals surface area (Å²) in [6, 6.07) is 0. The van der Waals surface area contributed by atoms with Crippen LogP contribution in [-0.4, -0.2) is 20.8 Å². The lowest BCUT2D eigenvalue weighted by atomic mass is 9.89. The molecule has 0 aliphatic carbocycles. The molecular weight excluding hydrogens is 168 g/mol. The fourth-order valence-corrected chi connectivity index (χ4v) is 1.12. The smallest absolute Gasteiger partial charge is 0.417 e. The minimum atomic E-state index is -0.978. The molecule has 0 unspecified atom stereocenters. The fourth-order valence-electron chi connectivity index (χ4n) is 1.12. The van der Waals surface area contributed by atoms with Crippen LogP contribution in [-0.2, 0) is 5.41 Å². The molecular formula is C9H14N2O2. The van der Waals surface area contributed by atoms with E-state index in [0.29, 0.717) is 5.82 Å². The second-order valence-electron chi connectivity index (χ2n) is 3.64. The van der Waals surface area contributed by atoms with E-state index in [1.165, 1.54) is 17.0 Å². The van der Waals surface area contributed by atoms with Crippen LogP contribution in [0.1, 0.15) is 33.0 Å². The van der Waals surface area contributed by atoms with E-state index in [9.17, 15) is 4.79 Å². The molecule has 0 aromatic carbocycles. The van der Waals surface area contributed by atoms with Gasteiger partial charge in [-0.1, -0.05) is 20.8 Å². The molecule has 0 atom stereocenters. The summed E-state index contributed by atoms with van der Waals surface area (Å²) in [6.45, 7) is 5.98. The van der Waals surface area contributed by atoms with Crippen molar-refractivity contribution in [1.29, 1.82) is 0 Å². The van der Waals surface area contributed by atoms with Gasteiger partial charge in [0.15, 0.2) is 0 Å². The average molecular weight is 182 g/mol. The number of carboxylic acid groups (broad SMARTS) is 1. The summed E-state index contributed by atoms with van der Waals surface area (Å²) in [4.78, 5) is 14.8. The molecule has 0 aliphatic rings. The highest BCUT2D eigenvalue weighted by Gasteiger charge is 2.25. The normalized spacial score (nSPS) is 11.6. The van der Waals surface area contributed by atoms with Crippen LogP contribution in [0.15, 0.2) is 12.4 Å². The first-order valence-electron chi connectivity index (χ1n) is 4.26. The van der Waals surface area contributed by atoms with Gasteiger partial charge in [0.2, 0.25) is 0 Å². The molecule has 0 amide bonds. The molecule has 0 radical (unpaired) electrons. The van der Waals surface area contributed by atoms with Gasteiger partial charge in [-0.05, 0) is 6.42 Å². The molecule has 0 aliphatic heterocycles. The Hall–Kier alpha value is -1.32. The molecule has 0 fully saturated rings. The Morgan fingerprint density at radius 1 is 1.69 bits per heavy atom. The van der Waals surface area contributed by atoms with Crippen LogP contribution in [0.4, 0.5) is 4.79 Å². The molecule has 1 rings (SSSR count). The van der Waals surface area contributed by atoms with Crippen LogP contribution >= 0.6 is 0 Å². The second-order valence-corrected chi connectivity index (χ2v) is 3.64. The van der Waals surface area contributed by atoms with Crippen LogP contribution in [0, 0.1) is 0 Å². The molecule has 0 saturated heterocycles. The summed E-state index contributed by atoms with van der Waals surface area (Å²) < 4.78 is 1.17. The minimum Gasteiger partial charge on any atom is -0.464 e. The van der Waals surface area contributed by atoms with Crippen molar-refractivity contribution in [3.05, 3.63) is 18.2 Å². The van der Waals surface area contributed by atoms with Crippen molar-refractivity contribution in [2.45, 2.75) is 32.6 Å². The van der Waals surface area contributed by atoms with Gasteiger partial charge in [0.25, 0.3) is 0 Å². The van der Waals surface area contributed by atoms with Gasteiger partial charge in [-0.15, -0.1) is 0 Å². The highest BCUT2D eigenvalue weighted by atomic mass is 16.4. The summed E-state index contributed by atoms with van der Waals surface area (Å²) in [5.74, 6) is 0.600. The lowest BCUT2D eigenvalue weighted by Gasteiger charge is -2.21. The van der Waals surface area contributed by atoms with E-state index in [-0.39, 0.29) is 5.41 Å². The van der Waals surface area contributed by atoms with Crippen LogP contribution in [0.25, 0.3) is 0 Å². The third-order valence-electron chi connectivity index (χ3n) is 2.34. The van der Waals surface area contributed by atoms with Crippen molar-refractivity contribution in [2.75, 3.05) is 0 Å². The number of imidazole rings is 1. The monoisotopic (exact) mass is 182 g/mol. The minimum absolute atomic E-state index is 0.193. The van der Waals surface area contributed by atoms with E-state index in [2.05, 4.69) is 4.98 Å². The maximum Gasteiger partial charge on any atom is 0.417 e. The summed E-state index contributed by atoms with van der Waals surface area (Å²) in [5.41, 5.74) is -0.193. The maximum absolute atomic E-state index is 10.8. The summed E-state index contributed by atoms with van der Waals surface area (Å²) in [7, 11) is 0. The van der Waals surface area contributed by atoms with Crippen LogP contribution < -0.4 is 0 Å².